The maximum Gasteiger partial charge on any atom is 0.271 e. The number of amides is 1. The van der Waals surface area contributed by atoms with Crippen LogP contribution in [-0.4, -0.2) is 54.1 Å². The Morgan fingerprint density at radius 2 is 2.27 bits per heavy atom. The van der Waals surface area contributed by atoms with Crippen LogP contribution in [0.1, 0.15) is 6.42 Å². The van der Waals surface area contributed by atoms with Crippen molar-refractivity contribution < 1.29 is 9.53 Å². The fraction of sp³-hybridized carbons (Fsp3) is 0.316. The van der Waals surface area contributed by atoms with Crippen LogP contribution >= 0.6 is 0 Å². The van der Waals surface area contributed by atoms with Crippen LogP contribution in [0.2, 0.25) is 0 Å². The fourth-order valence-electron chi connectivity index (χ4n) is 3.18. The van der Waals surface area contributed by atoms with Gasteiger partial charge in [0.1, 0.15) is 5.69 Å². The lowest BCUT2D eigenvalue weighted by atomic mass is 10.1. The summed E-state index contributed by atoms with van der Waals surface area (Å²) in [7, 11) is 3.45. The predicted molar refractivity (Wildman–Crippen MR) is 100 cm³/mol. The largest absolute Gasteiger partial charge is 0.481 e. The average molecular weight is 354 g/mol. The number of anilines is 1. The van der Waals surface area contributed by atoms with Crippen LogP contribution < -0.4 is 15.2 Å². The van der Waals surface area contributed by atoms with Gasteiger partial charge in [-0.2, -0.15) is 0 Å². The lowest BCUT2D eigenvalue weighted by molar-refractivity contribution is -0.125. The Hall–Kier alpha value is -3.09. The number of likely N-dealkylation sites (N-methyl/N-ethyl adjacent to an activating group) is 1. The van der Waals surface area contributed by atoms with E-state index in [1.54, 1.807) is 24.4 Å². The zero-order chi connectivity index (χ0) is 18.7. The van der Waals surface area contributed by atoms with E-state index in [0.717, 1.165) is 17.5 Å². The third-order valence-electron chi connectivity index (χ3n) is 4.74. The number of hydrogen-bond acceptors (Lipinski definition) is 5. The van der Waals surface area contributed by atoms with E-state index in [4.69, 9.17) is 4.74 Å². The van der Waals surface area contributed by atoms with Crippen LogP contribution in [0.4, 0.5) is 5.69 Å². The molecule has 1 N–H and O–H groups in total. The number of carbonyl (C=O) groups is 1. The molecule has 0 bridgehead atoms. The number of hydrogen-bond donors (Lipinski definition) is 1. The Morgan fingerprint density at radius 1 is 1.46 bits per heavy atom. The van der Waals surface area contributed by atoms with Gasteiger partial charge >= 0.3 is 0 Å². The number of H-pyrrole nitrogens is 1. The Balaban J connectivity index is 1.87. The number of ether oxygens (including phenoxy) is 1. The molecule has 1 unspecified atom stereocenters. The minimum absolute atomic E-state index is 0.0764. The van der Waals surface area contributed by atoms with E-state index in [1.165, 1.54) is 6.08 Å². The lowest BCUT2D eigenvalue weighted by Crippen LogP contribution is -2.38. The van der Waals surface area contributed by atoms with Gasteiger partial charge in [0.25, 0.3) is 5.56 Å². The molecule has 0 aliphatic carbocycles. The van der Waals surface area contributed by atoms with Crippen molar-refractivity contribution in [2.24, 2.45) is 0 Å². The SMILES string of the molecule is C=CC(=O)N1CCC(N(C)c2cc(-c3ccnc(OC)c3)c[nH]c2=O)C1. The Bertz CT molecular complexity index is 877. The number of rotatable bonds is 5. The maximum atomic E-state index is 12.4. The molecule has 2 aromatic rings. The molecule has 0 radical (unpaired) electrons. The number of nitrogens with zero attached hydrogens (tertiary/aromatic N) is 3. The van der Waals surface area contributed by atoms with Gasteiger partial charge in [0, 0.05) is 50.2 Å². The Morgan fingerprint density at radius 3 is 3.00 bits per heavy atom. The lowest BCUT2D eigenvalue weighted by Gasteiger charge is -2.26. The molecule has 0 spiro atoms. The molecular weight excluding hydrogens is 332 g/mol. The second-order valence-corrected chi connectivity index (χ2v) is 6.23. The van der Waals surface area contributed by atoms with Gasteiger partial charge in [0.05, 0.1) is 7.11 Å². The molecule has 136 valence electrons. The van der Waals surface area contributed by atoms with Gasteiger partial charge in [-0.3, -0.25) is 9.59 Å². The summed E-state index contributed by atoms with van der Waals surface area (Å²) in [5, 5.41) is 0. The molecule has 3 rings (SSSR count). The van der Waals surface area contributed by atoms with E-state index in [2.05, 4.69) is 16.5 Å². The van der Waals surface area contributed by atoms with Crippen LogP contribution in [0, 0.1) is 0 Å². The number of aromatic amines is 1. The molecule has 2 aromatic heterocycles. The summed E-state index contributed by atoms with van der Waals surface area (Å²) in [4.78, 5) is 34.7. The monoisotopic (exact) mass is 354 g/mol. The molecule has 7 nitrogen and oxygen atoms in total. The highest BCUT2D eigenvalue weighted by Gasteiger charge is 2.29. The van der Waals surface area contributed by atoms with E-state index >= 15 is 0 Å². The van der Waals surface area contributed by atoms with Crippen molar-refractivity contribution in [1.29, 1.82) is 0 Å². The molecule has 1 amide bonds. The quantitative estimate of drug-likeness (QED) is 0.827. The number of pyridine rings is 2. The highest BCUT2D eigenvalue weighted by molar-refractivity contribution is 5.87. The van der Waals surface area contributed by atoms with Crippen molar-refractivity contribution in [2.45, 2.75) is 12.5 Å². The van der Waals surface area contributed by atoms with Crippen LogP contribution in [0.3, 0.4) is 0 Å². The van der Waals surface area contributed by atoms with Gasteiger partial charge in [-0.25, -0.2) is 4.98 Å². The molecule has 26 heavy (non-hydrogen) atoms. The molecular formula is C19H22N4O3. The van der Waals surface area contributed by atoms with Gasteiger partial charge < -0.3 is 19.5 Å². The van der Waals surface area contributed by atoms with Crippen LogP contribution in [0.25, 0.3) is 11.1 Å². The Kier molecular flexibility index (Phi) is 5.06. The summed E-state index contributed by atoms with van der Waals surface area (Å²) in [6.45, 7) is 4.77. The van der Waals surface area contributed by atoms with Crippen molar-refractivity contribution in [3.63, 3.8) is 0 Å². The van der Waals surface area contributed by atoms with Gasteiger partial charge in [-0.15, -0.1) is 0 Å². The van der Waals surface area contributed by atoms with E-state index in [0.29, 0.717) is 24.7 Å². The number of carbonyl (C=O) groups excluding carboxylic acids is 1. The summed E-state index contributed by atoms with van der Waals surface area (Å²) in [5.41, 5.74) is 2.17. The minimum Gasteiger partial charge on any atom is -0.481 e. The van der Waals surface area contributed by atoms with Crippen molar-refractivity contribution in [3.8, 4) is 17.0 Å². The third kappa shape index (κ3) is 3.46. The minimum atomic E-state index is -0.161. The molecule has 1 atom stereocenters. The topological polar surface area (TPSA) is 78.5 Å². The molecule has 0 saturated carbocycles. The van der Waals surface area contributed by atoms with Crippen molar-refractivity contribution in [2.75, 3.05) is 32.1 Å². The standard InChI is InChI=1S/C19H22N4O3/c1-4-18(24)23-8-6-15(12-23)22(2)16-9-14(11-21-19(16)25)13-5-7-20-17(10-13)26-3/h4-5,7,9-11,15H,1,6,8,12H2,2-3H3,(H,21,25). The number of methoxy groups -OCH3 is 1. The first-order valence-electron chi connectivity index (χ1n) is 8.40. The fourth-order valence-corrected chi connectivity index (χ4v) is 3.18. The molecule has 0 aromatic carbocycles. The first-order valence-corrected chi connectivity index (χ1v) is 8.40. The second-order valence-electron chi connectivity index (χ2n) is 6.23. The van der Waals surface area contributed by atoms with Crippen LogP contribution in [0.15, 0.2) is 48.0 Å². The summed E-state index contributed by atoms with van der Waals surface area (Å²) in [6.07, 6.45) is 5.48. The summed E-state index contributed by atoms with van der Waals surface area (Å²) >= 11 is 0. The molecule has 7 heteroatoms. The molecule has 1 fully saturated rings. The molecule has 3 heterocycles. The number of aromatic nitrogens is 2. The van der Waals surface area contributed by atoms with E-state index < -0.39 is 0 Å². The van der Waals surface area contributed by atoms with Crippen molar-refractivity contribution in [3.05, 3.63) is 53.6 Å². The number of likely N-dealkylation sites (tertiary alicyclic amines) is 1. The summed E-state index contributed by atoms with van der Waals surface area (Å²) in [5.74, 6) is 0.436. The van der Waals surface area contributed by atoms with E-state index in [9.17, 15) is 9.59 Å². The van der Waals surface area contributed by atoms with Crippen LogP contribution in [-0.2, 0) is 4.79 Å². The predicted octanol–water partition coefficient (Wildman–Crippen LogP) is 1.67. The molecule has 1 aliphatic rings. The zero-order valence-electron chi connectivity index (χ0n) is 14.9. The third-order valence-corrected chi connectivity index (χ3v) is 4.74. The van der Waals surface area contributed by atoms with Crippen LogP contribution in [0.5, 0.6) is 5.88 Å². The summed E-state index contributed by atoms with van der Waals surface area (Å²) in [6, 6.07) is 5.62. The van der Waals surface area contributed by atoms with Gasteiger partial charge in [-0.1, -0.05) is 6.58 Å². The smallest absolute Gasteiger partial charge is 0.271 e. The number of nitrogens with one attached hydrogen (secondary N) is 1. The van der Waals surface area contributed by atoms with Gasteiger partial charge in [0.2, 0.25) is 11.8 Å². The van der Waals surface area contributed by atoms with Gasteiger partial charge in [0.15, 0.2) is 0 Å². The van der Waals surface area contributed by atoms with Crippen molar-refractivity contribution in [1.82, 2.24) is 14.9 Å². The first kappa shape index (κ1) is 17.7. The Labute approximate surface area is 151 Å². The van der Waals surface area contributed by atoms with E-state index in [-0.39, 0.29) is 17.5 Å². The van der Waals surface area contributed by atoms with E-state index in [1.807, 2.05) is 30.1 Å². The maximum absolute atomic E-state index is 12.4. The highest BCUT2D eigenvalue weighted by atomic mass is 16.5. The first-order chi connectivity index (χ1) is 12.5. The summed E-state index contributed by atoms with van der Waals surface area (Å²) < 4.78 is 5.16. The molecule has 1 aliphatic heterocycles. The zero-order valence-corrected chi connectivity index (χ0v) is 14.9. The highest BCUT2D eigenvalue weighted by Crippen LogP contribution is 2.25. The normalized spacial score (nSPS) is 16.4. The molecule has 1 saturated heterocycles. The van der Waals surface area contributed by atoms with Gasteiger partial charge in [-0.05, 0) is 30.2 Å². The average Bonchev–Trinajstić information content (AvgIpc) is 3.17. The second kappa shape index (κ2) is 7.43. The van der Waals surface area contributed by atoms with Crippen molar-refractivity contribution >= 4 is 11.6 Å².